The van der Waals surface area contributed by atoms with Crippen molar-refractivity contribution in [3.05, 3.63) is 96.1 Å². The fourth-order valence-corrected chi connectivity index (χ4v) is 3.14. The van der Waals surface area contributed by atoms with E-state index in [2.05, 4.69) is 0 Å². The summed E-state index contributed by atoms with van der Waals surface area (Å²) in [5, 5.41) is 1.35. The van der Waals surface area contributed by atoms with Crippen molar-refractivity contribution < 1.29 is 23.8 Å². The predicted molar refractivity (Wildman–Crippen MR) is 111 cm³/mol. The first kappa shape index (κ1) is 19.9. The number of hydrogen-bond donors (Lipinski definition) is 0. The monoisotopic (exact) mass is 405 g/mol. The van der Waals surface area contributed by atoms with Crippen LogP contribution in [0, 0.1) is 0 Å². The predicted octanol–water partition coefficient (Wildman–Crippen LogP) is 4.25. The van der Waals surface area contributed by atoms with Gasteiger partial charge in [0.15, 0.2) is 0 Å². The van der Waals surface area contributed by atoms with Crippen molar-refractivity contribution in [2.45, 2.75) is 12.4 Å². The standard InChI is InChI=1S/C24H23NO5/c1-27-20-14-12-19(13-15-20)24-29-22(17-28-21-10-6-3-7-11-21)16-25(30-24)23(26)18-8-4-2-5-9-18/h2-15,22,24H,16-17H2,1H3/t22-,24+/m1/s1. The van der Waals surface area contributed by atoms with Gasteiger partial charge in [-0.2, -0.15) is 0 Å². The molecule has 30 heavy (non-hydrogen) atoms. The summed E-state index contributed by atoms with van der Waals surface area (Å²) in [5.41, 5.74) is 1.33. The Morgan fingerprint density at radius 2 is 1.60 bits per heavy atom. The number of amides is 1. The first-order valence-corrected chi connectivity index (χ1v) is 9.74. The van der Waals surface area contributed by atoms with Crippen molar-refractivity contribution in [3.8, 4) is 11.5 Å². The quantitative estimate of drug-likeness (QED) is 0.614. The molecule has 6 heteroatoms. The molecule has 4 rings (SSSR count). The first-order chi connectivity index (χ1) is 14.7. The lowest BCUT2D eigenvalue weighted by Crippen LogP contribution is -2.47. The maximum absolute atomic E-state index is 13.0. The molecule has 154 valence electrons. The van der Waals surface area contributed by atoms with Crippen LogP contribution in [-0.2, 0) is 9.57 Å². The highest BCUT2D eigenvalue weighted by molar-refractivity contribution is 5.93. The fraction of sp³-hybridized carbons (Fsp3) is 0.208. The minimum Gasteiger partial charge on any atom is -0.497 e. The molecule has 0 radical (unpaired) electrons. The second-order valence-corrected chi connectivity index (χ2v) is 6.82. The van der Waals surface area contributed by atoms with Crippen molar-refractivity contribution in [2.75, 3.05) is 20.3 Å². The summed E-state index contributed by atoms with van der Waals surface area (Å²) in [6.45, 7) is 0.547. The summed E-state index contributed by atoms with van der Waals surface area (Å²) >= 11 is 0. The molecule has 1 heterocycles. The zero-order valence-corrected chi connectivity index (χ0v) is 16.6. The van der Waals surface area contributed by atoms with Gasteiger partial charge in [0, 0.05) is 11.1 Å². The van der Waals surface area contributed by atoms with Crippen LogP contribution in [0.5, 0.6) is 11.5 Å². The summed E-state index contributed by atoms with van der Waals surface area (Å²) in [4.78, 5) is 18.9. The number of hydrogen-bond acceptors (Lipinski definition) is 5. The van der Waals surface area contributed by atoms with Crippen LogP contribution in [0.15, 0.2) is 84.9 Å². The van der Waals surface area contributed by atoms with Gasteiger partial charge in [0.05, 0.1) is 13.7 Å². The van der Waals surface area contributed by atoms with Gasteiger partial charge >= 0.3 is 0 Å². The molecule has 1 aliphatic heterocycles. The Hall–Kier alpha value is -3.35. The van der Waals surface area contributed by atoms with Crippen LogP contribution in [0.25, 0.3) is 0 Å². The van der Waals surface area contributed by atoms with Gasteiger partial charge in [0.25, 0.3) is 5.91 Å². The molecule has 0 saturated carbocycles. The minimum absolute atomic E-state index is 0.220. The van der Waals surface area contributed by atoms with Crippen LogP contribution >= 0.6 is 0 Å². The number of benzene rings is 3. The molecule has 1 fully saturated rings. The lowest BCUT2D eigenvalue weighted by molar-refractivity contribution is -0.325. The zero-order chi connectivity index (χ0) is 20.8. The van der Waals surface area contributed by atoms with E-state index in [-0.39, 0.29) is 18.6 Å². The van der Waals surface area contributed by atoms with Crippen molar-refractivity contribution in [3.63, 3.8) is 0 Å². The molecule has 2 atom stereocenters. The molecule has 0 aliphatic carbocycles. The smallest absolute Gasteiger partial charge is 0.277 e. The number of rotatable bonds is 6. The van der Waals surface area contributed by atoms with Crippen LogP contribution < -0.4 is 9.47 Å². The fourth-order valence-electron chi connectivity index (χ4n) is 3.14. The van der Waals surface area contributed by atoms with Crippen LogP contribution in [0.1, 0.15) is 22.2 Å². The average Bonchev–Trinajstić information content (AvgIpc) is 2.83. The third-order valence-electron chi connectivity index (χ3n) is 4.72. The van der Waals surface area contributed by atoms with Crippen LogP contribution in [0.4, 0.5) is 0 Å². The van der Waals surface area contributed by atoms with Crippen LogP contribution in [0.2, 0.25) is 0 Å². The van der Waals surface area contributed by atoms with Crippen LogP contribution in [-0.4, -0.2) is 37.3 Å². The lowest BCUT2D eigenvalue weighted by atomic mass is 10.2. The summed E-state index contributed by atoms with van der Waals surface area (Å²) in [6.07, 6.45) is -1.10. The summed E-state index contributed by atoms with van der Waals surface area (Å²) in [6, 6.07) is 25.9. The molecule has 0 bridgehead atoms. The number of hydroxylamine groups is 2. The number of methoxy groups -OCH3 is 1. The van der Waals surface area contributed by atoms with Crippen molar-refractivity contribution in [1.29, 1.82) is 0 Å². The Morgan fingerprint density at radius 1 is 0.933 bits per heavy atom. The minimum atomic E-state index is -0.735. The highest BCUT2D eigenvalue weighted by Crippen LogP contribution is 2.29. The number of carbonyl (C=O) groups is 1. The summed E-state index contributed by atoms with van der Waals surface area (Å²) in [7, 11) is 1.61. The van der Waals surface area contributed by atoms with E-state index >= 15 is 0 Å². The van der Waals surface area contributed by atoms with Gasteiger partial charge in [-0.25, -0.2) is 9.90 Å². The Morgan fingerprint density at radius 3 is 2.27 bits per heavy atom. The van der Waals surface area contributed by atoms with Gasteiger partial charge in [0.2, 0.25) is 6.29 Å². The third-order valence-corrected chi connectivity index (χ3v) is 4.72. The SMILES string of the molecule is COc1ccc([C@H]2O[C@@H](COc3ccccc3)CN(C(=O)c3ccccc3)O2)cc1. The van der Waals surface area contributed by atoms with E-state index in [1.165, 1.54) is 5.06 Å². The molecular weight excluding hydrogens is 382 g/mol. The van der Waals surface area contributed by atoms with Gasteiger partial charge in [-0.15, -0.1) is 0 Å². The van der Waals surface area contributed by atoms with Gasteiger partial charge in [0.1, 0.15) is 24.2 Å². The molecule has 1 aliphatic rings. The maximum Gasteiger partial charge on any atom is 0.277 e. The van der Waals surface area contributed by atoms with Crippen molar-refractivity contribution >= 4 is 5.91 Å². The van der Waals surface area contributed by atoms with E-state index in [0.717, 1.165) is 17.1 Å². The van der Waals surface area contributed by atoms with Crippen LogP contribution in [0.3, 0.4) is 0 Å². The molecule has 0 N–H and O–H groups in total. The van der Waals surface area contributed by atoms with Gasteiger partial charge < -0.3 is 14.2 Å². The van der Waals surface area contributed by atoms with Crippen molar-refractivity contribution in [2.24, 2.45) is 0 Å². The lowest BCUT2D eigenvalue weighted by Gasteiger charge is -2.37. The number of ether oxygens (including phenoxy) is 3. The first-order valence-electron chi connectivity index (χ1n) is 9.74. The van der Waals surface area contributed by atoms with E-state index in [1.54, 1.807) is 19.2 Å². The Kier molecular flexibility index (Phi) is 6.27. The van der Waals surface area contributed by atoms with E-state index in [0.29, 0.717) is 12.2 Å². The molecule has 1 amide bonds. The summed E-state index contributed by atoms with van der Waals surface area (Å²) in [5.74, 6) is 1.26. The molecule has 0 unspecified atom stereocenters. The van der Waals surface area contributed by atoms with E-state index in [9.17, 15) is 4.79 Å². The Labute approximate surface area is 175 Å². The van der Waals surface area contributed by atoms with Gasteiger partial charge in [-0.1, -0.05) is 48.5 Å². The molecule has 3 aromatic carbocycles. The maximum atomic E-state index is 13.0. The zero-order valence-electron chi connectivity index (χ0n) is 16.6. The Balaban J connectivity index is 1.52. The van der Waals surface area contributed by atoms with E-state index in [4.69, 9.17) is 19.0 Å². The number of para-hydroxylation sites is 1. The number of nitrogens with zero attached hydrogens (tertiary/aromatic N) is 1. The molecule has 6 nitrogen and oxygen atoms in total. The normalized spacial score (nSPS) is 18.6. The third kappa shape index (κ3) is 4.79. The second kappa shape index (κ2) is 9.43. The molecule has 1 saturated heterocycles. The van der Waals surface area contributed by atoms with Gasteiger partial charge in [-0.05, 0) is 36.4 Å². The van der Waals surface area contributed by atoms with Crippen molar-refractivity contribution in [1.82, 2.24) is 5.06 Å². The molecule has 3 aromatic rings. The molecular formula is C24H23NO5. The topological polar surface area (TPSA) is 57.2 Å². The summed E-state index contributed by atoms with van der Waals surface area (Å²) < 4.78 is 17.2. The highest BCUT2D eigenvalue weighted by Gasteiger charge is 2.33. The molecule has 0 aromatic heterocycles. The highest BCUT2D eigenvalue weighted by atomic mass is 16.8. The average molecular weight is 405 g/mol. The van der Waals surface area contributed by atoms with E-state index in [1.807, 2.05) is 72.8 Å². The van der Waals surface area contributed by atoms with Gasteiger partial charge in [-0.3, -0.25) is 4.79 Å². The number of carbonyl (C=O) groups excluding carboxylic acids is 1. The largest absolute Gasteiger partial charge is 0.497 e. The second-order valence-electron chi connectivity index (χ2n) is 6.82. The van der Waals surface area contributed by atoms with E-state index < -0.39 is 6.29 Å². The Bertz CT molecular complexity index is 946. The molecule has 0 spiro atoms.